The van der Waals surface area contributed by atoms with Crippen molar-refractivity contribution in [2.24, 2.45) is 0 Å². The van der Waals surface area contributed by atoms with E-state index < -0.39 is 0 Å². The third kappa shape index (κ3) is 4.01. The Morgan fingerprint density at radius 1 is 1.24 bits per heavy atom. The number of fused-ring (bicyclic) bond motifs is 1. The van der Waals surface area contributed by atoms with E-state index in [2.05, 4.69) is 15.5 Å². The van der Waals surface area contributed by atoms with Crippen LogP contribution >= 0.6 is 22.9 Å². The van der Waals surface area contributed by atoms with Gasteiger partial charge in [-0.2, -0.15) is 5.10 Å². The molecular weight excluding hydrogens is 410 g/mol. The molecule has 2 aromatic heterocycles. The fourth-order valence-electron chi connectivity index (χ4n) is 2.97. The van der Waals surface area contributed by atoms with Crippen molar-refractivity contribution < 1.29 is 14.3 Å². The van der Waals surface area contributed by atoms with Gasteiger partial charge in [-0.15, -0.1) is 11.3 Å². The number of rotatable bonds is 6. The molecule has 0 aliphatic heterocycles. The van der Waals surface area contributed by atoms with Gasteiger partial charge in [0, 0.05) is 16.1 Å². The number of hydrogen-bond acceptors (Lipinski definition) is 5. The number of nitrogens with zero attached hydrogens (tertiary/aromatic N) is 1. The molecule has 6 nitrogen and oxygen atoms in total. The number of ether oxygens (including phenoxy) is 1. The Balaban J connectivity index is 1.49. The molecule has 8 heteroatoms. The normalized spacial score (nSPS) is 10.8. The van der Waals surface area contributed by atoms with Crippen LogP contribution in [-0.4, -0.2) is 28.5 Å². The minimum Gasteiger partial charge on any atom is -0.483 e. The van der Waals surface area contributed by atoms with Gasteiger partial charge < -0.3 is 10.1 Å². The molecule has 4 aromatic rings. The maximum atomic E-state index is 12.7. The number of H-pyrrole nitrogens is 1. The predicted octanol–water partition coefficient (Wildman–Crippen LogP) is 4.83. The van der Waals surface area contributed by atoms with E-state index in [0.29, 0.717) is 26.9 Å². The van der Waals surface area contributed by atoms with Gasteiger partial charge >= 0.3 is 0 Å². The van der Waals surface area contributed by atoms with Gasteiger partial charge in [-0.1, -0.05) is 17.7 Å². The monoisotopic (exact) mass is 425 g/mol. The molecular formula is C21H16ClN3O3S. The molecule has 2 aromatic carbocycles. The first-order valence-corrected chi connectivity index (χ1v) is 10.0. The summed E-state index contributed by atoms with van der Waals surface area (Å²) in [5.74, 6) is -0.218. The first-order chi connectivity index (χ1) is 14.0. The van der Waals surface area contributed by atoms with E-state index in [1.165, 1.54) is 11.3 Å². The summed E-state index contributed by atoms with van der Waals surface area (Å²) in [4.78, 5) is 25.7. The van der Waals surface area contributed by atoms with Gasteiger partial charge in [-0.3, -0.25) is 14.7 Å². The Kier molecular flexibility index (Phi) is 5.33. The zero-order chi connectivity index (χ0) is 20.4. The van der Waals surface area contributed by atoms with E-state index in [9.17, 15) is 9.59 Å². The van der Waals surface area contributed by atoms with Crippen molar-refractivity contribution in [2.45, 2.75) is 6.92 Å². The van der Waals surface area contributed by atoms with Gasteiger partial charge in [0.05, 0.1) is 22.2 Å². The summed E-state index contributed by atoms with van der Waals surface area (Å²) in [5.41, 5.74) is 2.81. The third-order valence-corrected chi connectivity index (χ3v) is 5.56. The van der Waals surface area contributed by atoms with Crippen LogP contribution in [-0.2, 0) is 4.79 Å². The van der Waals surface area contributed by atoms with Gasteiger partial charge in [-0.25, -0.2) is 0 Å². The quantitative estimate of drug-likeness (QED) is 0.433. The number of thiophene rings is 1. The van der Waals surface area contributed by atoms with Crippen molar-refractivity contribution in [1.82, 2.24) is 10.2 Å². The highest BCUT2D eigenvalue weighted by Crippen LogP contribution is 2.27. The maximum Gasteiger partial charge on any atom is 0.262 e. The van der Waals surface area contributed by atoms with Gasteiger partial charge in [0.2, 0.25) is 5.78 Å². The lowest BCUT2D eigenvalue weighted by molar-refractivity contribution is -0.118. The van der Waals surface area contributed by atoms with E-state index in [-0.39, 0.29) is 18.3 Å². The number of aromatic nitrogens is 2. The Bertz CT molecular complexity index is 1200. The number of aryl methyl sites for hydroxylation is 1. The summed E-state index contributed by atoms with van der Waals surface area (Å²) in [7, 11) is 0. The zero-order valence-electron chi connectivity index (χ0n) is 15.4. The Morgan fingerprint density at radius 3 is 2.90 bits per heavy atom. The first kappa shape index (κ1) is 19.2. The molecule has 2 heterocycles. The number of benzene rings is 2. The van der Waals surface area contributed by atoms with Crippen molar-refractivity contribution in [1.29, 1.82) is 0 Å². The minimum absolute atomic E-state index is 0.195. The third-order valence-electron chi connectivity index (χ3n) is 4.46. The summed E-state index contributed by atoms with van der Waals surface area (Å²) in [6, 6.07) is 12.0. The van der Waals surface area contributed by atoms with Crippen LogP contribution in [0.15, 0.2) is 54.0 Å². The van der Waals surface area contributed by atoms with E-state index in [0.717, 1.165) is 16.5 Å². The molecule has 0 aliphatic rings. The molecule has 146 valence electrons. The van der Waals surface area contributed by atoms with Gasteiger partial charge in [0.15, 0.2) is 6.61 Å². The van der Waals surface area contributed by atoms with Gasteiger partial charge in [-0.05, 0) is 54.3 Å². The fraction of sp³-hybridized carbons (Fsp3) is 0.0952. The number of amides is 1. The zero-order valence-corrected chi connectivity index (χ0v) is 16.9. The first-order valence-electron chi connectivity index (χ1n) is 8.76. The average molecular weight is 426 g/mol. The predicted molar refractivity (Wildman–Crippen MR) is 114 cm³/mol. The smallest absolute Gasteiger partial charge is 0.262 e. The molecule has 0 aliphatic carbocycles. The van der Waals surface area contributed by atoms with Crippen molar-refractivity contribution in [3.8, 4) is 5.75 Å². The Morgan fingerprint density at radius 2 is 2.10 bits per heavy atom. The highest BCUT2D eigenvalue weighted by molar-refractivity contribution is 7.12. The van der Waals surface area contributed by atoms with Crippen LogP contribution < -0.4 is 10.1 Å². The molecule has 0 fully saturated rings. The molecule has 0 bridgehead atoms. The van der Waals surface area contributed by atoms with Crippen LogP contribution in [0.5, 0.6) is 5.75 Å². The lowest BCUT2D eigenvalue weighted by atomic mass is 10.1. The Hall–Kier alpha value is -3.16. The summed E-state index contributed by atoms with van der Waals surface area (Å²) < 4.78 is 5.65. The number of aromatic amines is 1. The summed E-state index contributed by atoms with van der Waals surface area (Å²) in [6.45, 7) is 1.67. The SMILES string of the molecule is Cc1c(NC(=O)COc2ccc(Cl)cc2C(=O)c2cccs2)ccc2[nH]ncc12. The lowest BCUT2D eigenvalue weighted by Crippen LogP contribution is -2.21. The molecule has 2 N–H and O–H groups in total. The molecule has 0 atom stereocenters. The van der Waals surface area contributed by atoms with Crippen molar-refractivity contribution in [3.63, 3.8) is 0 Å². The van der Waals surface area contributed by atoms with Crippen LogP contribution in [0, 0.1) is 6.92 Å². The second-order valence-corrected chi connectivity index (χ2v) is 7.74. The van der Waals surface area contributed by atoms with Crippen LogP contribution in [0.25, 0.3) is 10.9 Å². The largest absolute Gasteiger partial charge is 0.483 e. The average Bonchev–Trinajstić information content (AvgIpc) is 3.41. The molecule has 0 unspecified atom stereocenters. The lowest BCUT2D eigenvalue weighted by Gasteiger charge is -2.12. The maximum absolute atomic E-state index is 12.7. The highest BCUT2D eigenvalue weighted by Gasteiger charge is 2.17. The van der Waals surface area contributed by atoms with Crippen molar-refractivity contribution in [2.75, 3.05) is 11.9 Å². The standard InChI is InChI=1S/C21H16ClN3O3S/c1-12-15-10-23-25-17(15)6-5-16(12)24-20(26)11-28-18-7-4-13(22)9-14(18)21(27)19-3-2-8-29-19/h2-10H,11H2,1H3,(H,23,25)(H,24,26). The molecule has 0 saturated heterocycles. The number of hydrogen-bond donors (Lipinski definition) is 2. The second-order valence-electron chi connectivity index (χ2n) is 6.35. The minimum atomic E-state index is -0.333. The van der Waals surface area contributed by atoms with Crippen LogP contribution in [0.2, 0.25) is 5.02 Å². The number of carbonyl (C=O) groups is 2. The van der Waals surface area contributed by atoms with Crippen LogP contribution in [0.4, 0.5) is 5.69 Å². The highest BCUT2D eigenvalue weighted by atomic mass is 35.5. The molecule has 0 saturated carbocycles. The fourth-order valence-corrected chi connectivity index (χ4v) is 3.82. The molecule has 0 spiro atoms. The van der Waals surface area contributed by atoms with E-state index in [1.54, 1.807) is 36.5 Å². The molecule has 0 radical (unpaired) electrons. The number of nitrogens with one attached hydrogen (secondary N) is 2. The Labute approximate surface area is 175 Å². The second kappa shape index (κ2) is 8.06. The van der Waals surface area contributed by atoms with Gasteiger partial charge in [0.25, 0.3) is 5.91 Å². The topological polar surface area (TPSA) is 84.1 Å². The summed E-state index contributed by atoms with van der Waals surface area (Å²) in [5, 5.41) is 12.9. The molecule has 1 amide bonds. The van der Waals surface area contributed by atoms with E-state index >= 15 is 0 Å². The summed E-state index contributed by atoms with van der Waals surface area (Å²) in [6.07, 6.45) is 1.72. The number of ketones is 1. The van der Waals surface area contributed by atoms with Crippen LogP contribution in [0.1, 0.15) is 20.8 Å². The molecule has 29 heavy (non-hydrogen) atoms. The van der Waals surface area contributed by atoms with E-state index in [4.69, 9.17) is 16.3 Å². The van der Waals surface area contributed by atoms with Crippen molar-refractivity contribution in [3.05, 3.63) is 75.1 Å². The summed E-state index contributed by atoms with van der Waals surface area (Å²) >= 11 is 7.39. The van der Waals surface area contributed by atoms with Gasteiger partial charge in [0.1, 0.15) is 5.75 Å². The molecule has 4 rings (SSSR count). The van der Waals surface area contributed by atoms with E-state index in [1.807, 2.05) is 24.4 Å². The number of halogens is 1. The van der Waals surface area contributed by atoms with Crippen molar-refractivity contribution >= 4 is 51.2 Å². The van der Waals surface area contributed by atoms with Crippen LogP contribution in [0.3, 0.4) is 0 Å². The number of anilines is 1. The number of carbonyl (C=O) groups excluding carboxylic acids is 2.